The molecule has 1 saturated heterocycles. The first-order chi connectivity index (χ1) is 4.93. The number of rotatable bonds is 6. The predicted octanol–water partition coefficient (Wildman–Crippen LogP) is -0.632. The van der Waals surface area contributed by atoms with E-state index in [9.17, 15) is 0 Å². The molecule has 0 saturated carbocycles. The highest BCUT2D eigenvalue weighted by Gasteiger charge is 2.22. The maximum absolute atomic E-state index is 8.30. The van der Waals surface area contributed by atoms with Crippen molar-refractivity contribution < 1.29 is 19.3 Å². The molecule has 1 atom stereocenters. The van der Waals surface area contributed by atoms with Gasteiger partial charge in [0.25, 0.3) is 0 Å². The van der Waals surface area contributed by atoms with Crippen LogP contribution < -0.4 is 0 Å². The van der Waals surface area contributed by atoms with Gasteiger partial charge >= 0.3 is 0 Å². The van der Waals surface area contributed by atoms with Gasteiger partial charge < -0.3 is 19.3 Å². The molecule has 0 aromatic carbocycles. The van der Waals surface area contributed by atoms with E-state index in [0.717, 1.165) is 0 Å². The van der Waals surface area contributed by atoms with Gasteiger partial charge in [-0.15, -0.1) is 0 Å². The van der Waals surface area contributed by atoms with Crippen LogP contribution in [0.2, 0.25) is 0 Å². The summed E-state index contributed by atoms with van der Waals surface area (Å²) in [5.41, 5.74) is 0. The maximum Gasteiger partial charge on any atom is 0.181 e. The Balaban J connectivity index is 1.68. The van der Waals surface area contributed by atoms with Crippen molar-refractivity contribution >= 4 is 0 Å². The summed E-state index contributed by atoms with van der Waals surface area (Å²) in [5.74, 6) is 0. The van der Waals surface area contributed by atoms with Gasteiger partial charge in [-0.3, -0.25) is 0 Å². The Morgan fingerprint density at radius 3 is 2.80 bits per heavy atom. The second-order valence-corrected chi connectivity index (χ2v) is 1.97. The van der Waals surface area contributed by atoms with Gasteiger partial charge in [0.1, 0.15) is 6.61 Å². The van der Waals surface area contributed by atoms with E-state index in [2.05, 4.69) is 0 Å². The van der Waals surface area contributed by atoms with Crippen LogP contribution in [0.4, 0.5) is 0 Å². The lowest BCUT2D eigenvalue weighted by molar-refractivity contribution is -0.00197. The number of aliphatic hydroxyl groups is 1. The fourth-order valence-electron chi connectivity index (χ4n) is 0.541. The molecule has 0 amide bonds. The summed E-state index contributed by atoms with van der Waals surface area (Å²) in [6.07, 6.45) is 0.0118. The molecule has 4 heteroatoms. The van der Waals surface area contributed by atoms with Crippen molar-refractivity contribution in [3.63, 3.8) is 0 Å². The molecule has 1 aliphatic rings. The smallest absolute Gasteiger partial charge is 0.181 e. The number of epoxide rings is 1. The van der Waals surface area contributed by atoms with Gasteiger partial charge in [-0.25, -0.2) is 0 Å². The minimum Gasteiger partial charge on any atom is -0.394 e. The molecule has 1 N–H and O–H groups in total. The average molecular weight is 148 g/mol. The van der Waals surface area contributed by atoms with Gasteiger partial charge in [0.2, 0.25) is 0 Å². The van der Waals surface area contributed by atoms with Crippen LogP contribution >= 0.6 is 0 Å². The number of ether oxygens (including phenoxy) is 3. The predicted molar refractivity (Wildman–Crippen MR) is 33.6 cm³/mol. The van der Waals surface area contributed by atoms with E-state index in [-0.39, 0.29) is 12.9 Å². The summed E-state index contributed by atoms with van der Waals surface area (Å²) >= 11 is 0. The summed E-state index contributed by atoms with van der Waals surface area (Å²) in [7, 11) is 0. The minimum atomic E-state index is 0.0118. The summed E-state index contributed by atoms with van der Waals surface area (Å²) < 4.78 is 14.8. The normalized spacial score (nSPS) is 23.1. The van der Waals surface area contributed by atoms with Crippen molar-refractivity contribution in [2.75, 3.05) is 33.0 Å². The lowest BCUT2D eigenvalue weighted by Crippen LogP contribution is -2.08. The quantitative estimate of drug-likeness (QED) is 0.402. The van der Waals surface area contributed by atoms with E-state index in [4.69, 9.17) is 19.3 Å². The molecule has 1 heterocycles. The van der Waals surface area contributed by atoms with Crippen molar-refractivity contribution in [2.45, 2.75) is 6.29 Å². The van der Waals surface area contributed by atoms with Crippen LogP contribution in [0.25, 0.3) is 0 Å². The molecule has 0 aromatic rings. The number of hydrogen-bond donors (Lipinski definition) is 1. The SMILES string of the molecule is OCCOCCOC1CO1. The second-order valence-electron chi connectivity index (χ2n) is 1.97. The zero-order valence-electron chi connectivity index (χ0n) is 5.78. The molecule has 0 aliphatic carbocycles. The molecule has 0 bridgehead atoms. The van der Waals surface area contributed by atoms with Crippen LogP contribution in [0.15, 0.2) is 0 Å². The number of aliphatic hydroxyl groups excluding tert-OH is 1. The third-order valence-corrected chi connectivity index (χ3v) is 1.07. The highest BCUT2D eigenvalue weighted by atomic mass is 16.8. The molecule has 10 heavy (non-hydrogen) atoms. The molecule has 1 rings (SSSR count). The first-order valence-electron chi connectivity index (χ1n) is 3.35. The fourth-order valence-corrected chi connectivity index (χ4v) is 0.541. The van der Waals surface area contributed by atoms with Crippen molar-refractivity contribution in [3.8, 4) is 0 Å². The molecule has 0 radical (unpaired) electrons. The second kappa shape index (κ2) is 4.62. The average Bonchev–Trinajstić information content (AvgIpc) is 2.71. The van der Waals surface area contributed by atoms with Gasteiger partial charge in [-0.05, 0) is 0 Å². The molecule has 1 fully saturated rings. The Hall–Kier alpha value is -0.160. The van der Waals surface area contributed by atoms with Crippen LogP contribution in [0.5, 0.6) is 0 Å². The molecular formula is C6H12O4. The fraction of sp³-hybridized carbons (Fsp3) is 1.00. The standard InChI is InChI=1S/C6H12O4/c7-1-2-8-3-4-9-6-5-10-6/h6-7H,1-5H2. The third kappa shape index (κ3) is 3.79. The topological polar surface area (TPSA) is 51.2 Å². The molecule has 0 spiro atoms. The number of hydrogen-bond acceptors (Lipinski definition) is 4. The van der Waals surface area contributed by atoms with E-state index in [1.165, 1.54) is 0 Å². The lowest BCUT2D eigenvalue weighted by atomic mass is 10.7. The van der Waals surface area contributed by atoms with E-state index >= 15 is 0 Å². The summed E-state index contributed by atoms with van der Waals surface area (Å²) in [5, 5.41) is 8.30. The highest BCUT2D eigenvalue weighted by Crippen LogP contribution is 2.08. The van der Waals surface area contributed by atoms with E-state index in [1.54, 1.807) is 0 Å². The molecule has 0 aromatic heterocycles. The Labute approximate surface area is 59.7 Å². The van der Waals surface area contributed by atoms with Crippen molar-refractivity contribution in [1.82, 2.24) is 0 Å². The largest absolute Gasteiger partial charge is 0.394 e. The summed E-state index contributed by atoms with van der Waals surface area (Å²) in [6.45, 7) is 2.24. The minimum absolute atomic E-state index is 0.0118. The summed E-state index contributed by atoms with van der Waals surface area (Å²) in [4.78, 5) is 0. The summed E-state index contributed by atoms with van der Waals surface area (Å²) in [6, 6.07) is 0. The highest BCUT2D eigenvalue weighted by molar-refractivity contribution is 4.54. The van der Waals surface area contributed by atoms with Crippen LogP contribution in [0.3, 0.4) is 0 Å². The van der Waals surface area contributed by atoms with Gasteiger partial charge in [0.05, 0.1) is 26.4 Å². The van der Waals surface area contributed by atoms with Crippen LogP contribution in [0.1, 0.15) is 0 Å². The third-order valence-electron chi connectivity index (χ3n) is 1.07. The zero-order valence-corrected chi connectivity index (χ0v) is 5.78. The Morgan fingerprint density at radius 2 is 2.20 bits per heavy atom. The van der Waals surface area contributed by atoms with Crippen LogP contribution in [-0.4, -0.2) is 44.4 Å². The molecule has 4 nitrogen and oxygen atoms in total. The van der Waals surface area contributed by atoms with Crippen LogP contribution in [-0.2, 0) is 14.2 Å². The Kier molecular flexibility index (Phi) is 3.67. The maximum atomic E-state index is 8.30. The monoisotopic (exact) mass is 148 g/mol. The van der Waals surface area contributed by atoms with Crippen molar-refractivity contribution in [1.29, 1.82) is 0 Å². The van der Waals surface area contributed by atoms with Gasteiger partial charge in [0.15, 0.2) is 6.29 Å². The molecular weight excluding hydrogens is 136 g/mol. The first kappa shape index (κ1) is 7.94. The zero-order chi connectivity index (χ0) is 7.23. The van der Waals surface area contributed by atoms with Crippen LogP contribution in [0, 0.1) is 0 Å². The Morgan fingerprint density at radius 1 is 1.40 bits per heavy atom. The van der Waals surface area contributed by atoms with E-state index < -0.39 is 0 Å². The van der Waals surface area contributed by atoms with Gasteiger partial charge in [-0.2, -0.15) is 0 Å². The first-order valence-corrected chi connectivity index (χ1v) is 3.35. The van der Waals surface area contributed by atoms with E-state index in [1.807, 2.05) is 0 Å². The molecule has 60 valence electrons. The molecule has 1 aliphatic heterocycles. The molecule has 1 unspecified atom stereocenters. The van der Waals surface area contributed by atoms with Crippen molar-refractivity contribution in [2.24, 2.45) is 0 Å². The van der Waals surface area contributed by atoms with Gasteiger partial charge in [-0.1, -0.05) is 0 Å². The lowest BCUT2D eigenvalue weighted by Gasteiger charge is -2.00. The van der Waals surface area contributed by atoms with E-state index in [0.29, 0.717) is 26.4 Å². The Bertz CT molecular complexity index is 81.8. The van der Waals surface area contributed by atoms with Crippen molar-refractivity contribution in [3.05, 3.63) is 0 Å². The van der Waals surface area contributed by atoms with Gasteiger partial charge in [0, 0.05) is 0 Å².